The van der Waals surface area contributed by atoms with E-state index < -0.39 is 0 Å². The van der Waals surface area contributed by atoms with E-state index in [9.17, 15) is 0 Å². The highest BCUT2D eigenvalue weighted by Gasteiger charge is 2.18. The molecule has 2 rings (SSSR count). The third-order valence-corrected chi connectivity index (χ3v) is 4.06. The van der Waals surface area contributed by atoms with Crippen LogP contribution >= 0.6 is 11.6 Å². The molecule has 1 unspecified atom stereocenters. The van der Waals surface area contributed by atoms with Crippen molar-refractivity contribution < 1.29 is 0 Å². The van der Waals surface area contributed by atoms with Gasteiger partial charge in [-0.25, -0.2) is 4.98 Å². The van der Waals surface area contributed by atoms with Gasteiger partial charge in [-0.15, -0.1) is 11.6 Å². The third kappa shape index (κ3) is 3.47. The second-order valence-electron chi connectivity index (χ2n) is 5.68. The first-order chi connectivity index (χ1) is 10.1. The molecule has 2 aromatic rings. The molecule has 0 spiro atoms. The Bertz CT molecular complexity index is 598. The van der Waals surface area contributed by atoms with Gasteiger partial charge >= 0.3 is 0 Å². The Hall–Kier alpha value is -1.32. The number of rotatable bonds is 6. The highest BCUT2D eigenvalue weighted by atomic mass is 35.5. The second kappa shape index (κ2) is 7.10. The third-order valence-electron chi connectivity index (χ3n) is 3.77. The van der Waals surface area contributed by atoms with Crippen molar-refractivity contribution in [2.24, 2.45) is 0 Å². The highest BCUT2D eigenvalue weighted by Crippen LogP contribution is 2.29. The first-order valence-corrected chi connectivity index (χ1v) is 7.95. The number of pyridine rings is 1. The lowest BCUT2D eigenvalue weighted by atomic mass is 10.1. The van der Waals surface area contributed by atoms with Crippen LogP contribution < -0.4 is 4.90 Å². The maximum Gasteiger partial charge on any atom is 0.136 e. The molecular formula is C17H24ClN3. The van der Waals surface area contributed by atoms with Crippen molar-refractivity contribution in [3.8, 4) is 0 Å². The van der Waals surface area contributed by atoms with Gasteiger partial charge in [0.05, 0.1) is 0 Å². The molecule has 0 N–H and O–H groups in total. The van der Waals surface area contributed by atoms with Crippen molar-refractivity contribution in [2.75, 3.05) is 32.1 Å². The fraction of sp³-hybridized carbons (Fsp3) is 0.471. The predicted molar refractivity (Wildman–Crippen MR) is 92.3 cm³/mol. The number of nitrogens with zero attached hydrogens (tertiary/aromatic N) is 3. The van der Waals surface area contributed by atoms with Gasteiger partial charge in [-0.3, -0.25) is 0 Å². The molecule has 0 aliphatic carbocycles. The quantitative estimate of drug-likeness (QED) is 0.758. The van der Waals surface area contributed by atoms with Crippen LogP contribution in [0.15, 0.2) is 30.5 Å². The zero-order chi connectivity index (χ0) is 15.4. The van der Waals surface area contributed by atoms with Gasteiger partial charge in [0, 0.05) is 36.6 Å². The van der Waals surface area contributed by atoms with Gasteiger partial charge < -0.3 is 9.80 Å². The molecule has 0 fully saturated rings. The van der Waals surface area contributed by atoms with Gasteiger partial charge in [0.2, 0.25) is 0 Å². The first kappa shape index (κ1) is 16.1. The van der Waals surface area contributed by atoms with Gasteiger partial charge in [0.1, 0.15) is 5.82 Å². The molecule has 1 atom stereocenters. The van der Waals surface area contributed by atoms with Crippen molar-refractivity contribution in [1.82, 2.24) is 9.88 Å². The Morgan fingerprint density at radius 1 is 1.19 bits per heavy atom. The lowest BCUT2D eigenvalue weighted by Gasteiger charge is -2.32. The molecule has 1 aromatic heterocycles. The van der Waals surface area contributed by atoms with Crippen molar-refractivity contribution in [3.63, 3.8) is 0 Å². The van der Waals surface area contributed by atoms with Crippen LogP contribution in [0, 0.1) is 0 Å². The Balaban J connectivity index is 2.49. The number of likely N-dealkylation sites (N-methyl/N-ethyl adjacent to an activating group) is 2. The first-order valence-electron chi connectivity index (χ1n) is 7.42. The van der Waals surface area contributed by atoms with E-state index in [2.05, 4.69) is 62.0 Å². The van der Waals surface area contributed by atoms with E-state index >= 15 is 0 Å². The van der Waals surface area contributed by atoms with Crippen LogP contribution in [0.2, 0.25) is 0 Å². The standard InChI is InChI=1S/C17H24ClN3/c1-5-21(13(2)12-20(3)4)17-16-9-7-6-8-15(16)14(10-18)11-19-17/h6-9,11,13H,5,10,12H2,1-4H3. The predicted octanol–water partition coefficient (Wildman–Crippen LogP) is 3.75. The number of fused-ring (bicyclic) bond motifs is 1. The fourth-order valence-corrected chi connectivity index (χ4v) is 3.08. The number of benzene rings is 1. The average Bonchev–Trinajstić information content (AvgIpc) is 2.47. The molecule has 4 heteroatoms. The zero-order valence-corrected chi connectivity index (χ0v) is 14.1. The van der Waals surface area contributed by atoms with E-state index in [1.807, 2.05) is 6.20 Å². The molecule has 1 heterocycles. The van der Waals surface area contributed by atoms with Crippen LogP contribution in [0.3, 0.4) is 0 Å². The SMILES string of the molecule is CCN(c1ncc(CCl)c2ccccc12)C(C)CN(C)C. The highest BCUT2D eigenvalue weighted by molar-refractivity contribution is 6.18. The smallest absolute Gasteiger partial charge is 0.136 e. The zero-order valence-electron chi connectivity index (χ0n) is 13.3. The van der Waals surface area contributed by atoms with Crippen LogP contribution in [-0.4, -0.2) is 43.1 Å². The van der Waals surface area contributed by atoms with E-state index in [-0.39, 0.29) is 0 Å². The van der Waals surface area contributed by atoms with Crippen LogP contribution in [0.4, 0.5) is 5.82 Å². The minimum Gasteiger partial charge on any atom is -0.352 e. The number of alkyl halides is 1. The Labute approximate surface area is 132 Å². The molecule has 0 aliphatic heterocycles. The average molecular weight is 306 g/mol. The Morgan fingerprint density at radius 3 is 2.43 bits per heavy atom. The van der Waals surface area contributed by atoms with Crippen molar-refractivity contribution >= 4 is 28.2 Å². The molecule has 114 valence electrons. The van der Waals surface area contributed by atoms with Crippen LogP contribution in [0.1, 0.15) is 19.4 Å². The summed E-state index contributed by atoms with van der Waals surface area (Å²) in [4.78, 5) is 9.27. The summed E-state index contributed by atoms with van der Waals surface area (Å²) in [5.41, 5.74) is 1.09. The summed E-state index contributed by atoms with van der Waals surface area (Å²) < 4.78 is 0. The number of aromatic nitrogens is 1. The van der Waals surface area contributed by atoms with Gasteiger partial charge in [-0.1, -0.05) is 24.3 Å². The summed E-state index contributed by atoms with van der Waals surface area (Å²) in [7, 11) is 4.21. The Kier molecular flexibility index (Phi) is 5.43. The molecule has 21 heavy (non-hydrogen) atoms. The summed E-state index contributed by atoms with van der Waals surface area (Å²) in [6, 6.07) is 8.79. The molecule has 3 nitrogen and oxygen atoms in total. The number of hydrogen-bond acceptors (Lipinski definition) is 3. The minimum absolute atomic E-state index is 0.405. The minimum atomic E-state index is 0.405. The van der Waals surface area contributed by atoms with Crippen LogP contribution in [0.25, 0.3) is 10.8 Å². The summed E-state index contributed by atoms with van der Waals surface area (Å²) in [5.74, 6) is 1.55. The molecule has 0 bridgehead atoms. The monoisotopic (exact) mass is 305 g/mol. The largest absolute Gasteiger partial charge is 0.352 e. The Morgan fingerprint density at radius 2 is 1.86 bits per heavy atom. The van der Waals surface area contributed by atoms with Crippen LogP contribution in [0.5, 0.6) is 0 Å². The lowest BCUT2D eigenvalue weighted by Crippen LogP contribution is -2.40. The second-order valence-corrected chi connectivity index (χ2v) is 5.95. The summed E-state index contributed by atoms with van der Waals surface area (Å²) in [6.45, 7) is 6.36. The van der Waals surface area contributed by atoms with E-state index in [1.54, 1.807) is 0 Å². The molecule has 0 saturated heterocycles. The van der Waals surface area contributed by atoms with E-state index in [0.29, 0.717) is 11.9 Å². The number of hydrogen-bond donors (Lipinski definition) is 0. The number of anilines is 1. The van der Waals surface area contributed by atoms with Crippen molar-refractivity contribution in [3.05, 3.63) is 36.0 Å². The van der Waals surface area contributed by atoms with Gasteiger partial charge in [0.15, 0.2) is 0 Å². The molecule has 0 saturated carbocycles. The van der Waals surface area contributed by atoms with Gasteiger partial charge in [-0.05, 0) is 38.9 Å². The molecule has 0 radical (unpaired) electrons. The topological polar surface area (TPSA) is 19.4 Å². The van der Waals surface area contributed by atoms with E-state index in [1.165, 1.54) is 10.8 Å². The molecule has 0 amide bonds. The summed E-state index contributed by atoms with van der Waals surface area (Å²) >= 11 is 6.04. The van der Waals surface area contributed by atoms with E-state index in [4.69, 9.17) is 16.6 Å². The van der Waals surface area contributed by atoms with Gasteiger partial charge in [-0.2, -0.15) is 0 Å². The lowest BCUT2D eigenvalue weighted by molar-refractivity contribution is 0.372. The molecular weight excluding hydrogens is 282 g/mol. The van der Waals surface area contributed by atoms with E-state index in [0.717, 1.165) is 24.5 Å². The van der Waals surface area contributed by atoms with Crippen molar-refractivity contribution in [2.45, 2.75) is 25.8 Å². The van der Waals surface area contributed by atoms with Gasteiger partial charge in [0.25, 0.3) is 0 Å². The summed E-state index contributed by atoms with van der Waals surface area (Å²) in [5, 5.41) is 2.39. The molecule has 0 aliphatic rings. The maximum absolute atomic E-state index is 6.04. The van der Waals surface area contributed by atoms with Crippen molar-refractivity contribution in [1.29, 1.82) is 0 Å². The normalized spacial score (nSPS) is 12.9. The summed E-state index contributed by atoms with van der Waals surface area (Å²) in [6.07, 6.45) is 1.91. The molecule has 1 aromatic carbocycles. The fourth-order valence-electron chi connectivity index (χ4n) is 2.87. The van der Waals surface area contributed by atoms with Crippen LogP contribution in [-0.2, 0) is 5.88 Å². The maximum atomic E-state index is 6.04. The number of halogens is 1.